The number of benzene rings is 1. The van der Waals surface area contributed by atoms with Gasteiger partial charge in [0.2, 0.25) is 11.0 Å². The van der Waals surface area contributed by atoms with Crippen molar-refractivity contribution in [2.24, 2.45) is 0 Å². The molecule has 0 saturated heterocycles. The summed E-state index contributed by atoms with van der Waals surface area (Å²) in [5, 5.41) is 11.6. The summed E-state index contributed by atoms with van der Waals surface area (Å²) >= 11 is 2.86. The Morgan fingerprint density at radius 3 is 2.78 bits per heavy atom. The number of amides is 1. The number of rotatable bonds is 7. The molecule has 2 aromatic rings. The van der Waals surface area contributed by atoms with E-state index in [4.69, 9.17) is 4.74 Å². The highest BCUT2D eigenvalue weighted by Gasteiger charge is 2.18. The van der Waals surface area contributed by atoms with Crippen LogP contribution < -0.4 is 15.0 Å². The molecule has 0 aliphatic carbocycles. The summed E-state index contributed by atoms with van der Waals surface area (Å²) in [6.45, 7) is 4.31. The van der Waals surface area contributed by atoms with Gasteiger partial charge in [-0.3, -0.25) is 4.79 Å². The molecule has 0 aliphatic heterocycles. The van der Waals surface area contributed by atoms with Gasteiger partial charge in [0, 0.05) is 14.1 Å². The van der Waals surface area contributed by atoms with E-state index < -0.39 is 0 Å². The molecule has 1 heterocycles. The van der Waals surface area contributed by atoms with Crippen LogP contribution >= 0.6 is 23.1 Å². The molecule has 0 bridgehead atoms. The maximum absolute atomic E-state index is 12.4. The van der Waals surface area contributed by atoms with E-state index in [1.807, 2.05) is 57.1 Å². The lowest BCUT2D eigenvalue weighted by Gasteiger charge is -2.13. The number of hydrogen-bond acceptors (Lipinski definition) is 7. The van der Waals surface area contributed by atoms with Crippen LogP contribution in [0.2, 0.25) is 0 Å². The molecule has 1 aromatic carbocycles. The lowest BCUT2D eigenvalue weighted by atomic mass is 10.3. The molecule has 2 rings (SSSR count). The van der Waals surface area contributed by atoms with Crippen LogP contribution in [-0.2, 0) is 4.79 Å². The number of aromatic nitrogens is 2. The molecular weight excluding hydrogens is 332 g/mol. The van der Waals surface area contributed by atoms with Crippen LogP contribution in [0.4, 0.5) is 10.8 Å². The van der Waals surface area contributed by atoms with E-state index in [0.717, 1.165) is 9.47 Å². The van der Waals surface area contributed by atoms with E-state index >= 15 is 0 Å². The van der Waals surface area contributed by atoms with Gasteiger partial charge in [0.25, 0.3) is 0 Å². The van der Waals surface area contributed by atoms with Gasteiger partial charge < -0.3 is 15.0 Å². The zero-order chi connectivity index (χ0) is 16.8. The Bertz CT molecular complexity index is 660. The molecule has 1 aromatic heterocycles. The third-order valence-electron chi connectivity index (χ3n) is 2.87. The smallest absolute Gasteiger partial charge is 0.237 e. The number of nitrogens with one attached hydrogen (secondary N) is 1. The zero-order valence-electron chi connectivity index (χ0n) is 13.6. The minimum absolute atomic E-state index is 0.0937. The second-order valence-corrected chi connectivity index (χ2v) is 7.47. The molecule has 1 unspecified atom stereocenters. The average molecular weight is 352 g/mol. The van der Waals surface area contributed by atoms with Gasteiger partial charge in [-0.05, 0) is 26.0 Å². The molecular formula is C15H20N4O2S2. The molecule has 1 atom stereocenters. The fourth-order valence-corrected chi connectivity index (χ4v) is 3.63. The summed E-state index contributed by atoms with van der Waals surface area (Å²) in [5.41, 5.74) is 0.679. The zero-order valence-corrected chi connectivity index (χ0v) is 15.2. The number of thioether (sulfide) groups is 1. The molecule has 8 heteroatoms. The van der Waals surface area contributed by atoms with Gasteiger partial charge >= 0.3 is 0 Å². The quantitative estimate of drug-likeness (QED) is 0.772. The van der Waals surface area contributed by atoms with E-state index in [9.17, 15) is 4.79 Å². The summed E-state index contributed by atoms with van der Waals surface area (Å²) in [5.74, 6) is 0.579. The number of carbonyl (C=O) groups excluding carboxylic acids is 1. The highest BCUT2D eigenvalue weighted by molar-refractivity contribution is 8.02. The van der Waals surface area contributed by atoms with E-state index in [-0.39, 0.29) is 11.2 Å². The molecule has 1 N–H and O–H groups in total. The number of anilines is 2. The Labute approximate surface area is 144 Å². The number of nitrogens with zero attached hydrogens (tertiary/aromatic N) is 3. The van der Waals surface area contributed by atoms with E-state index in [1.165, 1.54) is 23.1 Å². The van der Waals surface area contributed by atoms with Gasteiger partial charge in [-0.15, -0.1) is 10.2 Å². The largest absolute Gasteiger partial charge is 0.492 e. The van der Waals surface area contributed by atoms with Crippen LogP contribution in [0.5, 0.6) is 5.75 Å². The predicted molar refractivity (Wildman–Crippen MR) is 95.8 cm³/mol. The first kappa shape index (κ1) is 17.6. The van der Waals surface area contributed by atoms with Crippen molar-refractivity contribution >= 4 is 39.8 Å². The van der Waals surface area contributed by atoms with Crippen molar-refractivity contribution in [1.29, 1.82) is 0 Å². The molecule has 124 valence electrons. The molecule has 0 aliphatic rings. The third-order valence-corrected chi connectivity index (χ3v) is 5.15. The molecule has 0 saturated carbocycles. The Morgan fingerprint density at radius 2 is 2.13 bits per heavy atom. The normalized spacial score (nSPS) is 11.8. The van der Waals surface area contributed by atoms with Crippen molar-refractivity contribution in [3.8, 4) is 5.75 Å². The van der Waals surface area contributed by atoms with Crippen molar-refractivity contribution in [2.75, 3.05) is 30.9 Å². The Balaban J connectivity index is 1.99. The van der Waals surface area contributed by atoms with E-state index in [1.54, 1.807) is 0 Å². The monoisotopic (exact) mass is 352 g/mol. The van der Waals surface area contributed by atoms with Gasteiger partial charge in [-0.1, -0.05) is 35.2 Å². The summed E-state index contributed by atoms with van der Waals surface area (Å²) in [6.07, 6.45) is 0. The number of para-hydroxylation sites is 2. The SMILES string of the molecule is CCOc1ccccc1NC(=O)C(C)Sc1nnc(N(C)C)s1. The Morgan fingerprint density at radius 1 is 1.39 bits per heavy atom. The maximum Gasteiger partial charge on any atom is 0.237 e. The standard InChI is InChI=1S/C15H20N4O2S2/c1-5-21-12-9-7-6-8-11(12)16-13(20)10(2)22-15-18-17-14(23-15)19(3)4/h6-10H,5H2,1-4H3,(H,16,20). The lowest BCUT2D eigenvalue weighted by Crippen LogP contribution is -2.22. The topological polar surface area (TPSA) is 67.3 Å². The molecule has 0 radical (unpaired) electrons. The van der Waals surface area contributed by atoms with E-state index in [0.29, 0.717) is 18.0 Å². The summed E-state index contributed by atoms with van der Waals surface area (Å²) in [6, 6.07) is 7.41. The summed E-state index contributed by atoms with van der Waals surface area (Å²) < 4.78 is 6.29. The average Bonchev–Trinajstić information content (AvgIpc) is 2.98. The van der Waals surface area contributed by atoms with Crippen molar-refractivity contribution in [3.63, 3.8) is 0 Å². The number of hydrogen-bond donors (Lipinski definition) is 1. The first-order valence-electron chi connectivity index (χ1n) is 7.21. The van der Waals surface area contributed by atoms with E-state index in [2.05, 4.69) is 15.5 Å². The number of ether oxygens (including phenoxy) is 1. The molecule has 1 amide bonds. The highest BCUT2D eigenvalue weighted by atomic mass is 32.2. The Hall–Kier alpha value is -1.80. The second-order valence-electron chi connectivity index (χ2n) is 4.92. The highest BCUT2D eigenvalue weighted by Crippen LogP contribution is 2.31. The minimum atomic E-state index is -0.285. The van der Waals surface area contributed by atoms with Crippen LogP contribution in [0, 0.1) is 0 Å². The first-order chi connectivity index (χ1) is 11.0. The van der Waals surface area contributed by atoms with Crippen molar-refractivity contribution in [3.05, 3.63) is 24.3 Å². The van der Waals surface area contributed by atoms with Crippen LogP contribution in [-0.4, -0.2) is 42.1 Å². The van der Waals surface area contributed by atoms with Crippen LogP contribution in [0.1, 0.15) is 13.8 Å². The summed E-state index contributed by atoms with van der Waals surface area (Å²) in [4.78, 5) is 14.3. The van der Waals surface area contributed by atoms with Crippen molar-refractivity contribution in [1.82, 2.24) is 10.2 Å². The fraction of sp³-hybridized carbons (Fsp3) is 0.400. The van der Waals surface area contributed by atoms with Gasteiger partial charge in [0.05, 0.1) is 17.5 Å². The van der Waals surface area contributed by atoms with Crippen LogP contribution in [0.3, 0.4) is 0 Å². The predicted octanol–water partition coefficient (Wildman–Crippen LogP) is 3.12. The van der Waals surface area contributed by atoms with Crippen molar-refractivity contribution < 1.29 is 9.53 Å². The number of carbonyl (C=O) groups is 1. The van der Waals surface area contributed by atoms with Gasteiger partial charge in [0.15, 0.2) is 4.34 Å². The molecule has 0 fully saturated rings. The van der Waals surface area contributed by atoms with Gasteiger partial charge in [0.1, 0.15) is 5.75 Å². The molecule has 0 spiro atoms. The van der Waals surface area contributed by atoms with Crippen LogP contribution in [0.15, 0.2) is 28.6 Å². The van der Waals surface area contributed by atoms with Crippen LogP contribution in [0.25, 0.3) is 0 Å². The lowest BCUT2D eigenvalue weighted by molar-refractivity contribution is -0.115. The summed E-state index contributed by atoms with van der Waals surface area (Å²) in [7, 11) is 3.82. The second kappa shape index (κ2) is 8.16. The first-order valence-corrected chi connectivity index (χ1v) is 8.91. The third kappa shape index (κ3) is 4.84. The maximum atomic E-state index is 12.4. The van der Waals surface area contributed by atoms with Gasteiger partial charge in [-0.2, -0.15) is 0 Å². The van der Waals surface area contributed by atoms with Gasteiger partial charge in [-0.25, -0.2) is 0 Å². The molecule has 6 nitrogen and oxygen atoms in total. The fourth-order valence-electron chi connectivity index (χ4n) is 1.72. The Kier molecular flexibility index (Phi) is 6.23. The molecule has 23 heavy (non-hydrogen) atoms. The van der Waals surface area contributed by atoms with Crippen molar-refractivity contribution in [2.45, 2.75) is 23.4 Å². The minimum Gasteiger partial charge on any atom is -0.492 e.